The Hall–Kier alpha value is -3.34. The number of fused-ring (bicyclic) bond motifs is 1. The largest absolute Gasteiger partial charge is 0.489 e. The lowest BCUT2D eigenvalue weighted by Crippen LogP contribution is -2.05. The molecule has 5 heteroatoms. The van der Waals surface area contributed by atoms with Crippen LogP contribution in [0.25, 0.3) is 22.2 Å². The molecule has 4 aromatic rings. The number of nitrogens with zero attached hydrogens (tertiary/aromatic N) is 1. The van der Waals surface area contributed by atoms with E-state index in [1.807, 2.05) is 30.3 Å². The number of rotatable bonds is 4. The molecule has 2 aromatic heterocycles. The highest BCUT2D eigenvalue weighted by molar-refractivity contribution is 5.81. The quantitative estimate of drug-likeness (QED) is 0.568. The van der Waals surface area contributed by atoms with Gasteiger partial charge in [-0.1, -0.05) is 35.5 Å². The Morgan fingerprint density at radius 1 is 1.04 bits per heavy atom. The molecule has 4 rings (SSSR count). The Labute approximate surface area is 137 Å². The van der Waals surface area contributed by atoms with E-state index in [1.165, 1.54) is 12.5 Å². The third kappa shape index (κ3) is 2.67. The van der Waals surface area contributed by atoms with Gasteiger partial charge in [-0.25, -0.2) is 0 Å². The summed E-state index contributed by atoms with van der Waals surface area (Å²) in [5, 5.41) is 4.25. The van der Waals surface area contributed by atoms with E-state index >= 15 is 0 Å². The molecule has 0 N–H and O–H groups in total. The standard InChI is InChI=1S/C19H13NO4/c21-19-15-7-6-14(22-11-13-4-2-1-3-5-13)10-18(15)23-12-16(19)17-8-9-24-20-17/h1-10,12H,11H2. The fraction of sp³-hybridized carbons (Fsp3) is 0.0526. The smallest absolute Gasteiger partial charge is 0.202 e. The van der Waals surface area contributed by atoms with Crippen LogP contribution >= 0.6 is 0 Å². The second-order valence-electron chi connectivity index (χ2n) is 5.30. The molecule has 0 saturated carbocycles. The molecule has 24 heavy (non-hydrogen) atoms. The fourth-order valence-corrected chi connectivity index (χ4v) is 2.47. The highest BCUT2D eigenvalue weighted by atomic mass is 16.5. The van der Waals surface area contributed by atoms with Crippen molar-refractivity contribution in [2.75, 3.05) is 0 Å². The van der Waals surface area contributed by atoms with Crippen LogP contribution in [0.1, 0.15) is 5.56 Å². The first-order valence-corrected chi connectivity index (χ1v) is 7.44. The molecule has 0 unspecified atom stereocenters. The topological polar surface area (TPSA) is 65.5 Å². The molecule has 0 fully saturated rings. The average molecular weight is 319 g/mol. The van der Waals surface area contributed by atoms with Crippen LogP contribution in [0.4, 0.5) is 0 Å². The van der Waals surface area contributed by atoms with Crippen molar-refractivity contribution in [2.45, 2.75) is 6.61 Å². The number of hydrogen-bond acceptors (Lipinski definition) is 5. The normalized spacial score (nSPS) is 10.8. The van der Waals surface area contributed by atoms with Gasteiger partial charge in [-0.3, -0.25) is 4.79 Å². The van der Waals surface area contributed by atoms with Crippen molar-refractivity contribution in [1.29, 1.82) is 0 Å². The molecule has 2 aromatic carbocycles. The summed E-state index contributed by atoms with van der Waals surface area (Å²) in [5.74, 6) is 0.642. The lowest BCUT2D eigenvalue weighted by molar-refractivity contribution is 0.306. The van der Waals surface area contributed by atoms with Gasteiger partial charge in [-0.15, -0.1) is 0 Å². The van der Waals surface area contributed by atoms with E-state index in [1.54, 1.807) is 24.3 Å². The second kappa shape index (κ2) is 6.04. The Morgan fingerprint density at radius 3 is 2.71 bits per heavy atom. The number of ether oxygens (including phenoxy) is 1. The lowest BCUT2D eigenvalue weighted by Gasteiger charge is -2.07. The first kappa shape index (κ1) is 14.3. The molecule has 0 atom stereocenters. The van der Waals surface area contributed by atoms with Crippen LogP contribution < -0.4 is 10.2 Å². The van der Waals surface area contributed by atoms with Crippen LogP contribution in [0.15, 0.2) is 80.9 Å². The molecule has 5 nitrogen and oxygen atoms in total. The number of hydrogen-bond donors (Lipinski definition) is 0. The van der Waals surface area contributed by atoms with Gasteiger partial charge in [0, 0.05) is 12.1 Å². The Balaban J connectivity index is 1.64. The summed E-state index contributed by atoms with van der Waals surface area (Å²) in [6.07, 6.45) is 2.81. The number of benzene rings is 2. The lowest BCUT2D eigenvalue weighted by atomic mass is 10.1. The first-order valence-electron chi connectivity index (χ1n) is 7.44. The molecule has 0 radical (unpaired) electrons. The molecule has 0 spiro atoms. The molecule has 0 saturated heterocycles. The van der Waals surface area contributed by atoms with E-state index in [9.17, 15) is 4.79 Å². The second-order valence-corrected chi connectivity index (χ2v) is 5.30. The van der Waals surface area contributed by atoms with Crippen LogP contribution in [0.3, 0.4) is 0 Å². The highest BCUT2D eigenvalue weighted by Crippen LogP contribution is 2.23. The molecule has 0 amide bonds. The minimum absolute atomic E-state index is 0.153. The maximum Gasteiger partial charge on any atom is 0.202 e. The van der Waals surface area contributed by atoms with Crippen molar-refractivity contribution in [1.82, 2.24) is 5.16 Å². The third-order valence-corrected chi connectivity index (χ3v) is 3.71. The van der Waals surface area contributed by atoms with Gasteiger partial charge in [-0.05, 0) is 17.7 Å². The van der Waals surface area contributed by atoms with Crippen molar-refractivity contribution < 1.29 is 13.7 Å². The predicted molar refractivity (Wildman–Crippen MR) is 88.8 cm³/mol. The van der Waals surface area contributed by atoms with Crippen LogP contribution in [0.2, 0.25) is 0 Å². The van der Waals surface area contributed by atoms with Gasteiger partial charge < -0.3 is 13.7 Å². The average Bonchev–Trinajstić information content (AvgIpc) is 3.15. The van der Waals surface area contributed by atoms with Crippen molar-refractivity contribution in [3.8, 4) is 17.0 Å². The Bertz CT molecular complexity index is 1020. The summed E-state index contributed by atoms with van der Waals surface area (Å²) in [5.41, 5.74) is 2.21. The summed E-state index contributed by atoms with van der Waals surface area (Å²) in [7, 11) is 0. The van der Waals surface area contributed by atoms with E-state index in [2.05, 4.69) is 5.16 Å². The molecular weight excluding hydrogens is 306 g/mol. The van der Waals surface area contributed by atoms with Crippen LogP contribution in [0, 0.1) is 0 Å². The zero-order valence-corrected chi connectivity index (χ0v) is 12.6. The maximum atomic E-state index is 12.5. The van der Waals surface area contributed by atoms with Crippen LogP contribution in [-0.4, -0.2) is 5.16 Å². The summed E-state index contributed by atoms with van der Waals surface area (Å²) >= 11 is 0. The third-order valence-electron chi connectivity index (χ3n) is 3.71. The zero-order valence-electron chi connectivity index (χ0n) is 12.6. The zero-order chi connectivity index (χ0) is 16.4. The van der Waals surface area contributed by atoms with Gasteiger partial charge in [-0.2, -0.15) is 0 Å². The molecule has 0 aliphatic carbocycles. The van der Waals surface area contributed by atoms with Gasteiger partial charge in [0.05, 0.1) is 10.9 Å². The molecule has 0 aliphatic rings. The first-order chi connectivity index (χ1) is 11.8. The predicted octanol–water partition coefficient (Wildman–Crippen LogP) is 4.03. The van der Waals surface area contributed by atoms with Gasteiger partial charge in [0.25, 0.3) is 0 Å². The van der Waals surface area contributed by atoms with Crippen molar-refractivity contribution >= 4 is 11.0 Å². The summed E-state index contributed by atoms with van der Waals surface area (Å²) < 4.78 is 16.1. The molecule has 118 valence electrons. The molecular formula is C19H13NO4. The van der Waals surface area contributed by atoms with Gasteiger partial charge in [0.2, 0.25) is 5.43 Å². The van der Waals surface area contributed by atoms with E-state index < -0.39 is 0 Å². The minimum Gasteiger partial charge on any atom is -0.489 e. The minimum atomic E-state index is -0.153. The van der Waals surface area contributed by atoms with Gasteiger partial charge in [0.1, 0.15) is 36.2 Å². The van der Waals surface area contributed by atoms with Crippen LogP contribution in [0.5, 0.6) is 5.75 Å². The van der Waals surface area contributed by atoms with Crippen LogP contribution in [-0.2, 0) is 6.61 Å². The summed E-state index contributed by atoms with van der Waals surface area (Å²) in [6.45, 7) is 0.452. The monoisotopic (exact) mass is 319 g/mol. The van der Waals surface area contributed by atoms with E-state index in [0.717, 1.165) is 5.56 Å². The van der Waals surface area contributed by atoms with Crippen molar-refractivity contribution in [3.63, 3.8) is 0 Å². The Kier molecular flexibility index (Phi) is 3.59. The SMILES string of the molecule is O=c1c(-c2ccon2)coc2cc(OCc3ccccc3)ccc12. The van der Waals surface area contributed by atoms with E-state index in [-0.39, 0.29) is 5.43 Å². The van der Waals surface area contributed by atoms with Crippen molar-refractivity contribution in [3.05, 3.63) is 82.9 Å². The summed E-state index contributed by atoms with van der Waals surface area (Å²) in [4.78, 5) is 12.5. The number of aromatic nitrogens is 1. The molecule has 0 bridgehead atoms. The van der Waals surface area contributed by atoms with Gasteiger partial charge in [0.15, 0.2) is 0 Å². The highest BCUT2D eigenvalue weighted by Gasteiger charge is 2.12. The van der Waals surface area contributed by atoms with Crippen molar-refractivity contribution in [2.24, 2.45) is 0 Å². The maximum absolute atomic E-state index is 12.5. The summed E-state index contributed by atoms with van der Waals surface area (Å²) in [6, 6.07) is 16.7. The molecule has 2 heterocycles. The van der Waals surface area contributed by atoms with E-state index in [4.69, 9.17) is 13.7 Å². The van der Waals surface area contributed by atoms with Gasteiger partial charge >= 0.3 is 0 Å². The fourth-order valence-electron chi connectivity index (χ4n) is 2.47. The Morgan fingerprint density at radius 2 is 1.92 bits per heavy atom. The van der Waals surface area contributed by atoms with E-state index in [0.29, 0.717) is 34.6 Å². The molecule has 0 aliphatic heterocycles.